The van der Waals surface area contributed by atoms with E-state index in [9.17, 15) is 14.4 Å². The minimum atomic E-state index is -0.430. The summed E-state index contributed by atoms with van der Waals surface area (Å²) in [6, 6.07) is 7.14. The normalized spacial score (nSPS) is 14.7. The van der Waals surface area contributed by atoms with Crippen LogP contribution in [0.1, 0.15) is 49.1 Å². The van der Waals surface area contributed by atoms with Crippen molar-refractivity contribution in [1.82, 2.24) is 20.2 Å². The third kappa shape index (κ3) is 5.41. The molecule has 1 saturated carbocycles. The first kappa shape index (κ1) is 21.0. The number of carbonyl (C=O) groups is 2. The molecule has 0 saturated heterocycles. The van der Waals surface area contributed by atoms with E-state index in [2.05, 4.69) is 15.3 Å². The third-order valence-corrected chi connectivity index (χ3v) is 5.29. The van der Waals surface area contributed by atoms with Gasteiger partial charge in [-0.2, -0.15) is 0 Å². The van der Waals surface area contributed by atoms with Gasteiger partial charge in [0.2, 0.25) is 5.91 Å². The molecule has 0 spiro atoms. The van der Waals surface area contributed by atoms with Crippen molar-refractivity contribution in [2.45, 2.75) is 44.6 Å². The van der Waals surface area contributed by atoms with Crippen molar-refractivity contribution >= 4 is 22.7 Å². The van der Waals surface area contributed by atoms with Crippen LogP contribution in [0.2, 0.25) is 0 Å². The zero-order valence-electron chi connectivity index (χ0n) is 16.8. The Hall–Kier alpha value is -2.74. The molecule has 2 amide bonds. The van der Waals surface area contributed by atoms with E-state index in [-0.39, 0.29) is 29.9 Å². The van der Waals surface area contributed by atoms with Gasteiger partial charge in [-0.1, -0.05) is 31.4 Å². The number of aromatic nitrogens is 2. The lowest BCUT2D eigenvalue weighted by molar-refractivity contribution is -0.138. The average Bonchev–Trinajstić information content (AvgIpc) is 2.74. The average molecular weight is 400 g/mol. The van der Waals surface area contributed by atoms with Crippen LogP contribution in [0.3, 0.4) is 0 Å². The molecule has 1 aromatic carbocycles. The van der Waals surface area contributed by atoms with Crippen LogP contribution in [0.15, 0.2) is 29.1 Å². The zero-order valence-corrected chi connectivity index (χ0v) is 16.8. The fourth-order valence-electron chi connectivity index (χ4n) is 3.84. The molecule has 2 N–H and O–H groups in total. The number of ether oxygens (including phenoxy) is 1. The summed E-state index contributed by atoms with van der Waals surface area (Å²) in [6.45, 7) is 1.03. The number of amides is 2. The van der Waals surface area contributed by atoms with Crippen LogP contribution in [0.25, 0.3) is 10.9 Å². The highest BCUT2D eigenvalue weighted by atomic mass is 16.5. The molecule has 1 fully saturated rings. The van der Waals surface area contributed by atoms with Crippen LogP contribution < -0.4 is 10.9 Å². The summed E-state index contributed by atoms with van der Waals surface area (Å²) in [4.78, 5) is 45.5. The molecule has 1 heterocycles. The number of fused-ring (bicyclic) bond motifs is 1. The number of para-hydroxylation sites is 1. The predicted octanol–water partition coefficient (Wildman–Crippen LogP) is 1.85. The van der Waals surface area contributed by atoms with Crippen molar-refractivity contribution in [2.24, 2.45) is 0 Å². The Bertz CT molecular complexity index is 905. The van der Waals surface area contributed by atoms with Crippen molar-refractivity contribution in [2.75, 3.05) is 26.8 Å². The highest BCUT2D eigenvalue weighted by molar-refractivity contribution is 5.92. The smallest absolute Gasteiger partial charge is 0.287 e. The van der Waals surface area contributed by atoms with E-state index in [1.807, 2.05) is 4.90 Å². The van der Waals surface area contributed by atoms with Crippen LogP contribution in [0.4, 0.5) is 0 Å². The summed E-state index contributed by atoms with van der Waals surface area (Å²) in [5.74, 6) is -0.445. The van der Waals surface area contributed by atoms with Crippen LogP contribution in [0, 0.1) is 0 Å². The third-order valence-electron chi connectivity index (χ3n) is 5.29. The van der Waals surface area contributed by atoms with Gasteiger partial charge < -0.3 is 19.9 Å². The Labute approximate surface area is 169 Å². The lowest BCUT2D eigenvalue weighted by Crippen LogP contribution is -2.44. The molecule has 1 aliphatic rings. The molecule has 0 radical (unpaired) electrons. The number of carbonyl (C=O) groups excluding carboxylic acids is 2. The van der Waals surface area contributed by atoms with Gasteiger partial charge >= 0.3 is 0 Å². The highest BCUT2D eigenvalue weighted by Gasteiger charge is 2.24. The van der Waals surface area contributed by atoms with E-state index in [1.165, 1.54) is 13.5 Å². The largest absolute Gasteiger partial charge is 0.375 e. The molecule has 3 rings (SSSR count). The van der Waals surface area contributed by atoms with E-state index in [0.717, 1.165) is 25.7 Å². The van der Waals surface area contributed by atoms with Gasteiger partial charge in [-0.25, -0.2) is 4.98 Å². The van der Waals surface area contributed by atoms with Crippen LogP contribution in [-0.2, 0) is 9.53 Å². The number of aromatic amines is 1. The lowest BCUT2D eigenvalue weighted by Gasteiger charge is -2.34. The second-order valence-corrected chi connectivity index (χ2v) is 7.35. The Morgan fingerprint density at radius 3 is 2.76 bits per heavy atom. The van der Waals surface area contributed by atoms with Crippen LogP contribution >= 0.6 is 0 Å². The van der Waals surface area contributed by atoms with Gasteiger partial charge in [-0.05, 0) is 31.4 Å². The van der Waals surface area contributed by atoms with Crippen molar-refractivity contribution < 1.29 is 14.3 Å². The Balaban J connectivity index is 1.56. The highest BCUT2D eigenvalue weighted by Crippen LogP contribution is 2.23. The topological polar surface area (TPSA) is 104 Å². The van der Waals surface area contributed by atoms with Crippen molar-refractivity contribution in [3.63, 3.8) is 0 Å². The summed E-state index contributed by atoms with van der Waals surface area (Å²) in [5.41, 5.74) is 0.143. The summed E-state index contributed by atoms with van der Waals surface area (Å²) < 4.78 is 5.02. The number of nitrogens with one attached hydrogen (secondary N) is 2. The summed E-state index contributed by atoms with van der Waals surface area (Å²) >= 11 is 0. The van der Waals surface area contributed by atoms with Gasteiger partial charge in [-0.15, -0.1) is 0 Å². The molecular formula is C21H28N4O4. The van der Waals surface area contributed by atoms with E-state index in [1.54, 1.807) is 24.3 Å². The summed E-state index contributed by atoms with van der Waals surface area (Å²) in [5, 5.41) is 3.23. The Morgan fingerprint density at radius 1 is 1.24 bits per heavy atom. The fraction of sp³-hybridized carbons (Fsp3) is 0.524. The molecule has 0 atom stereocenters. The van der Waals surface area contributed by atoms with Crippen molar-refractivity contribution in [3.8, 4) is 0 Å². The summed E-state index contributed by atoms with van der Waals surface area (Å²) in [6.07, 6.45) is 6.15. The minimum absolute atomic E-state index is 0.00621. The van der Waals surface area contributed by atoms with Crippen LogP contribution in [-0.4, -0.2) is 59.5 Å². The van der Waals surface area contributed by atoms with Gasteiger partial charge in [-0.3, -0.25) is 14.4 Å². The zero-order chi connectivity index (χ0) is 20.6. The standard InChI is InChI=1S/C21H28N4O4/c1-29-14-18(26)25(15-8-3-2-4-9-15)13-7-12-22-21(28)19-23-17-11-6-5-10-16(17)20(27)24-19/h5-6,10-11,15H,2-4,7-9,12-14H2,1H3,(H,22,28)(H,23,24,27). The number of hydrogen-bond donors (Lipinski definition) is 2. The van der Waals surface area contributed by atoms with Crippen molar-refractivity contribution in [3.05, 3.63) is 40.4 Å². The van der Waals surface area contributed by atoms with Crippen molar-refractivity contribution in [1.29, 1.82) is 0 Å². The first-order valence-electron chi connectivity index (χ1n) is 10.2. The van der Waals surface area contributed by atoms with Gasteiger partial charge in [0.1, 0.15) is 6.61 Å². The Morgan fingerprint density at radius 2 is 2.00 bits per heavy atom. The molecule has 29 heavy (non-hydrogen) atoms. The molecule has 156 valence electrons. The maximum Gasteiger partial charge on any atom is 0.287 e. The number of nitrogens with zero attached hydrogens (tertiary/aromatic N) is 2. The van der Waals surface area contributed by atoms with E-state index in [0.29, 0.717) is 30.4 Å². The van der Waals surface area contributed by atoms with Crippen LogP contribution in [0.5, 0.6) is 0 Å². The molecule has 1 aromatic heterocycles. The number of benzene rings is 1. The predicted molar refractivity (Wildman–Crippen MR) is 110 cm³/mol. The molecule has 8 heteroatoms. The van der Waals surface area contributed by atoms with Gasteiger partial charge in [0.25, 0.3) is 11.5 Å². The monoisotopic (exact) mass is 400 g/mol. The molecule has 0 bridgehead atoms. The van der Waals surface area contributed by atoms with Gasteiger partial charge in [0.05, 0.1) is 10.9 Å². The lowest BCUT2D eigenvalue weighted by atomic mass is 9.94. The number of methoxy groups -OCH3 is 1. The molecule has 0 unspecified atom stereocenters. The Kier molecular flexibility index (Phi) is 7.35. The molecule has 8 nitrogen and oxygen atoms in total. The first-order valence-corrected chi connectivity index (χ1v) is 10.2. The fourth-order valence-corrected chi connectivity index (χ4v) is 3.84. The second kappa shape index (κ2) is 10.2. The molecule has 1 aliphatic carbocycles. The van der Waals surface area contributed by atoms with E-state index >= 15 is 0 Å². The molecular weight excluding hydrogens is 372 g/mol. The SMILES string of the molecule is COCC(=O)N(CCCNC(=O)c1nc2ccccc2c(=O)[nH]1)C1CCCCC1. The first-order chi connectivity index (χ1) is 14.1. The van der Waals surface area contributed by atoms with E-state index in [4.69, 9.17) is 4.74 Å². The maximum atomic E-state index is 12.4. The molecule has 2 aromatic rings. The number of H-pyrrole nitrogens is 1. The number of hydrogen-bond acceptors (Lipinski definition) is 5. The van der Waals surface area contributed by atoms with Gasteiger partial charge in [0.15, 0.2) is 5.82 Å². The van der Waals surface area contributed by atoms with Gasteiger partial charge in [0, 0.05) is 26.2 Å². The second-order valence-electron chi connectivity index (χ2n) is 7.35. The maximum absolute atomic E-state index is 12.4. The quantitative estimate of drug-likeness (QED) is 0.658. The minimum Gasteiger partial charge on any atom is -0.375 e. The molecule has 0 aliphatic heterocycles. The number of rotatable bonds is 8. The summed E-state index contributed by atoms with van der Waals surface area (Å²) in [7, 11) is 1.52. The van der Waals surface area contributed by atoms with E-state index < -0.39 is 5.91 Å².